The van der Waals surface area contributed by atoms with Crippen LogP contribution in [0.15, 0.2) is 0 Å². The molecule has 0 aromatic heterocycles. The van der Waals surface area contributed by atoms with Gasteiger partial charge in [-0.15, -0.1) is 0 Å². The number of hydrogen-bond donors (Lipinski definition) is 2. The Labute approximate surface area is 117 Å². The third-order valence-electron chi connectivity index (χ3n) is 3.83. The summed E-state index contributed by atoms with van der Waals surface area (Å²) in [5.74, 6) is 0.245. The van der Waals surface area contributed by atoms with Gasteiger partial charge in [-0.1, -0.05) is 13.8 Å². The second-order valence-corrected chi connectivity index (χ2v) is 5.01. The van der Waals surface area contributed by atoms with Gasteiger partial charge in [-0.05, 0) is 33.0 Å². The average molecular weight is 270 g/mol. The van der Waals surface area contributed by atoms with Gasteiger partial charge >= 0.3 is 0 Å². The summed E-state index contributed by atoms with van der Waals surface area (Å²) in [6.07, 6.45) is 1.06. The molecule has 0 bridgehead atoms. The summed E-state index contributed by atoms with van der Waals surface area (Å²) in [6.45, 7) is 13.9. The van der Waals surface area contributed by atoms with Crippen LogP contribution in [0.5, 0.6) is 0 Å². The normalized spacial score (nSPS) is 19.7. The van der Waals surface area contributed by atoms with Gasteiger partial charge in [0.1, 0.15) is 0 Å². The zero-order valence-corrected chi connectivity index (χ0v) is 12.7. The van der Waals surface area contributed by atoms with Gasteiger partial charge < -0.3 is 20.4 Å². The van der Waals surface area contributed by atoms with Crippen LogP contribution in [-0.2, 0) is 4.79 Å². The maximum Gasteiger partial charge on any atom is 0.241 e. The molecule has 0 spiro atoms. The fourth-order valence-corrected chi connectivity index (χ4v) is 2.50. The molecule has 1 unspecified atom stereocenters. The van der Waals surface area contributed by atoms with Gasteiger partial charge in [0.25, 0.3) is 0 Å². The van der Waals surface area contributed by atoms with Gasteiger partial charge in [0.2, 0.25) is 5.91 Å². The molecule has 2 N–H and O–H groups in total. The Morgan fingerprint density at radius 2 is 1.84 bits per heavy atom. The maximum atomic E-state index is 12.4. The molecule has 1 amide bonds. The van der Waals surface area contributed by atoms with Crippen molar-refractivity contribution >= 4 is 5.91 Å². The quantitative estimate of drug-likeness (QED) is 0.658. The Balaban J connectivity index is 2.33. The van der Waals surface area contributed by atoms with Crippen molar-refractivity contribution in [2.75, 3.05) is 52.4 Å². The molecule has 0 saturated carbocycles. The number of nitrogens with one attached hydrogen (secondary N) is 2. The van der Waals surface area contributed by atoms with E-state index in [0.717, 1.165) is 58.8 Å². The van der Waals surface area contributed by atoms with Crippen molar-refractivity contribution in [2.24, 2.45) is 0 Å². The van der Waals surface area contributed by atoms with Crippen LogP contribution >= 0.6 is 0 Å². The van der Waals surface area contributed by atoms with Gasteiger partial charge in [0, 0.05) is 32.7 Å². The maximum absolute atomic E-state index is 12.4. The fourth-order valence-electron chi connectivity index (χ4n) is 2.50. The molecule has 0 radical (unpaired) electrons. The Kier molecular flexibility index (Phi) is 8.02. The number of likely N-dealkylation sites (N-methyl/N-ethyl adjacent to an activating group) is 1. The molecule has 0 aliphatic carbocycles. The number of carbonyl (C=O) groups is 1. The second-order valence-electron chi connectivity index (χ2n) is 5.01. The van der Waals surface area contributed by atoms with E-state index in [9.17, 15) is 4.79 Å². The van der Waals surface area contributed by atoms with E-state index in [-0.39, 0.29) is 11.9 Å². The van der Waals surface area contributed by atoms with Crippen molar-refractivity contribution in [1.29, 1.82) is 0 Å². The van der Waals surface area contributed by atoms with Crippen LogP contribution in [0.1, 0.15) is 27.2 Å². The van der Waals surface area contributed by atoms with Crippen molar-refractivity contribution in [3.63, 3.8) is 0 Å². The third-order valence-corrected chi connectivity index (χ3v) is 3.83. The molecular weight excluding hydrogens is 240 g/mol. The van der Waals surface area contributed by atoms with Crippen LogP contribution in [0.2, 0.25) is 0 Å². The predicted molar refractivity (Wildman–Crippen MR) is 79.3 cm³/mol. The molecule has 5 heteroatoms. The lowest BCUT2D eigenvalue weighted by molar-refractivity contribution is -0.133. The first-order valence-corrected chi connectivity index (χ1v) is 7.68. The lowest BCUT2D eigenvalue weighted by atomic mass is 10.2. The molecule has 1 aliphatic rings. The summed E-state index contributed by atoms with van der Waals surface area (Å²) in [5, 5.41) is 6.56. The van der Waals surface area contributed by atoms with Gasteiger partial charge in [-0.2, -0.15) is 0 Å². The van der Waals surface area contributed by atoms with Gasteiger partial charge in [0.05, 0.1) is 6.04 Å². The summed E-state index contributed by atoms with van der Waals surface area (Å²) in [6, 6.07) is -0.0397. The number of rotatable bonds is 8. The minimum atomic E-state index is -0.0397. The van der Waals surface area contributed by atoms with Gasteiger partial charge in [0.15, 0.2) is 0 Å². The van der Waals surface area contributed by atoms with Crippen molar-refractivity contribution < 1.29 is 4.79 Å². The highest BCUT2D eigenvalue weighted by Gasteiger charge is 2.24. The minimum Gasteiger partial charge on any atom is -0.342 e. The van der Waals surface area contributed by atoms with E-state index in [2.05, 4.69) is 36.3 Å². The predicted octanol–water partition coefficient (Wildman–Crippen LogP) is 0.128. The molecule has 1 heterocycles. The third kappa shape index (κ3) is 5.47. The smallest absolute Gasteiger partial charge is 0.241 e. The highest BCUT2D eigenvalue weighted by Crippen LogP contribution is 2.00. The standard InChI is InChI=1S/C14H30N4O/c1-4-17(5-2)10-7-11-18(6-3)14(19)13-12-15-8-9-16-13/h13,15-16H,4-12H2,1-3H3. The zero-order chi connectivity index (χ0) is 14.1. The molecule has 1 fully saturated rings. The van der Waals surface area contributed by atoms with E-state index in [1.807, 2.05) is 4.90 Å². The molecule has 5 nitrogen and oxygen atoms in total. The van der Waals surface area contributed by atoms with Crippen LogP contribution in [0, 0.1) is 0 Å². The highest BCUT2D eigenvalue weighted by atomic mass is 16.2. The number of carbonyl (C=O) groups excluding carboxylic acids is 1. The topological polar surface area (TPSA) is 47.6 Å². The van der Waals surface area contributed by atoms with E-state index in [4.69, 9.17) is 0 Å². The summed E-state index contributed by atoms with van der Waals surface area (Å²) in [4.78, 5) is 16.7. The zero-order valence-electron chi connectivity index (χ0n) is 12.7. The summed E-state index contributed by atoms with van der Waals surface area (Å²) >= 11 is 0. The molecule has 1 aliphatic heterocycles. The van der Waals surface area contributed by atoms with Crippen LogP contribution in [0.3, 0.4) is 0 Å². The highest BCUT2D eigenvalue weighted by molar-refractivity contribution is 5.82. The average Bonchev–Trinajstić information content (AvgIpc) is 2.48. The SMILES string of the molecule is CCN(CC)CCCN(CC)C(=O)C1CNCCN1. The lowest BCUT2D eigenvalue weighted by Gasteiger charge is -2.30. The van der Waals surface area contributed by atoms with E-state index in [1.54, 1.807) is 0 Å². The minimum absolute atomic E-state index is 0.0397. The molecule has 1 rings (SSSR count). The number of hydrogen-bond acceptors (Lipinski definition) is 4. The van der Waals surface area contributed by atoms with Crippen molar-refractivity contribution in [3.05, 3.63) is 0 Å². The Hall–Kier alpha value is -0.650. The first-order chi connectivity index (χ1) is 9.22. The van der Waals surface area contributed by atoms with Crippen LogP contribution < -0.4 is 10.6 Å². The van der Waals surface area contributed by atoms with Crippen LogP contribution in [0.25, 0.3) is 0 Å². The summed E-state index contributed by atoms with van der Waals surface area (Å²) < 4.78 is 0. The van der Waals surface area contributed by atoms with Crippen molar-refractivity contribution in [2.45, 2.75) is 33.2 Å². The molecule has 0 aromatic rings. The fraction of sp³-hybridized carbons (Fsp3) is 0.929. The molecule has 19 heavy (non-hydrogen) atoms. The molecule has 1 atom stereocenters. The van der Waals surface area contributed by atoms with E-state index in [0.29, 0.717) is 0 Å². The number of nitrogens with zero attached hydrogens (tertiary/aromatic N) is 2. The molecular formula is C14H30N4O. The first kappa shape index (κ1) is 16.4. The Morgan fingerprint density at radius 3 is 2.37 bits per heavy atom. The molecule has 112 valence electrons. The summed E-state index contributed by atoms with van der Waals surface area (Å²) in [7, 11) is 0. The van der Waals surface area contributed by atoms with E-state index >= 15 is 0 Å². The summed E-state index contributed by atoms with van der Waals surface area (Å²) in [5.41, 5.74) is 0. The van der Waals surface area contributed by atoms with Crippen LogP contribution in [0.4, 0.5) is 0 Å². The second kappa shape index (κ2) is 9.28. The van der Waals surface area contributed by atoms with Gasteiger partial charge in [-0.3, -0.25) is 4.79 Å². The molecule has 1 saturated heterocycles. The number of amides is 1. The Morgan fingerprint density at radius 1 is 1.11 bits per heavy atom. The first-order valence-electron chi connectivity index (χ1n) is 7.68. The van der Waals surface area contributed by atoms with Crippen molar-refractivity contribution in [1.82, 2.24) is 20.4 Å². The number of piperazine rings is 1. The monoisotopic (exact) mass is 270 g/mol. The Bertz CT molecular complexity index is 250. The van der Waals surface area contributed by atoms with E-state index < -0.39 is 0 Å². The largest absolute Gasteiger partial charge is 0.342 e. The lowest BCUT2D eigenvalue weighted by Crippen LogP contribution is -2.56. The van der Waals surface area contributed by atoms with Crippen molar-refractivity contribution in [3.8, 4) is 0 Å². The van der Waals surface area contributed by atoms with Crippen LogP contribution in [-0.4, -0.2) is 74.1 Å². The molecule has 0 aromatic carbocycles. The van der Waals surface area contributed by atoms with E-state index in [1.165, 1.54) is 0 Å². The van der Waals surface area contributed by atoms with Gasteiger partial charge in [-0.25, -0.2) is 0 Å².